The highest BCUT2D eigenvalue weighted by Gasteiger charge is 2.40. The van der Waals surface area contributed by atoms with Crippen LogP contribution in [0.25, 0.3) is 0 Å². The van der Waals surface area contributed by atoms with Crippen LogP contribution < -0.4 is 5.14 Å². The molecule has 0 spiro atoms. The van der Waals surface area contributed by atoms with Crippen molar-refractivity contribution in [3.63, 3.8) is 0 Å². The molecule has 0 fully saturated rings. The summed E-state index contributed by atoms with van der Waals surface area (Å²) in [6.45, 7) is 5.65. The highest BCUT2D eigenvalue weighted by Crippen LogP contribution is 2.41. The number of aliphatic imine (C=N–C) groups is 1. The van der Waals surface area contributed by atoms with Crippen LogP contribution in [0, 0.1) is 5.41 Å². The average Bonchev–Trinajstić information content (AvgIpc) is 2.70. The summed E-state index contributed by atoms with van der Waals surface area (Å²) in [4.78, 5) is 16.7. The molecule has 21 heavy (non-hydrogen) atoms. The van der Waals surface area contributed by atoms with E-state index in [2.05, 4.69) is 10.1 Å². The smallest absolute Gasteiger partial charge is 0.264 e. The number of amidine groups is 1. The van der Waals surface area contributed by atoms with Crippen LogP contribution >= 0.6 is 11.8 Å². The molecular weight excluding hydrogens is 312 g/mol. The summed E-state index contributed by atoms with van der Waals surface area (Å²) in [7, 11) is -3.89. The lowest BCUT2D eigenvalue weighted by Gasteiger charge is -2.31. The number of allylic oxidation sites excluding steroid dienone is 3. The second-order valence-corrected chi connectivity index (χ2v) is 8.49. The fourth-order valence-corrected chi connectivity index (χ4v) is 4.06. The molecule has 0 unspecified atom stereocenters. The number of hydrogen-bond donors (Lipinski definition) is 1. The molecule has 2 N–H and O–H groups in total. The maximum atomic E-state index is 12.3. The van der Waals surface area contributed by atoms with Crippen molar-refractivity contribution in [2.24, 2.45) is 20.6 Å². The van der Waals surface area contributed by atoms with Gasteiger partial charge in [-0.3, -0.25) is 4.79 Å². The van der Waals surface area contributed by atoms with Crippen molar-refractivity contribution in [3.8, 4) is 0 Å². The van der Waals surface area contributed by atoms with Crippen molar-refractivity contribution in [3.05, 3.63) is 23.0 Å². The third kappa shape index (κ3) is 2.34. The fourth-order valence-electron chi connectivity index (χ4n) is 2.49. The minimum absolute atomic E-state index is 0.0120. The Hall–Kier alpha value is -1.45. The highest BCUT2D eigenvalue weighted by atomic mass is 32.3. The molecule has 2 heterocycles. The molecule has 0 atom stereocenters. The van der Waals surface area contributed by atoms with Gasteiger partial charge in [0, 0.05) is 6.42 Å². The number of carbonyl (C=O) groups excluding carboxylic acids is 1. The molecule has 2 aliphatic heterocycles. The third-order valence-electron chi connectivity index (χ3n) is 3.36. The SMILES string of the molecule is CC1=C2C(=O)CC(C)(C)C=C2N=C2SC(S(N)(=O)=O)=NN21. The number of ketones is 1. The van der Waals surface area contributed by atoms with E-state index in [1.807, 2.05) is 19.9 Å². The van der Waals surface area contributed by atoms with Gasteiger partial charge in [-0.1, -0.05) is 19.9 Å². The summed E-state index contributed by atoms with van der Waals surface area (Å²) < 4.78 is 22.6. The molecule has 7 nitrogen and oxygen atoms in total. The van der Waals surface area contributed by atoms with Crippen LogP contribution in [0.3, 0.4) is 0 Å². The molecule has 3 aliphatic rings. The highest BCUT2D eigenvalue weighted by molar-refractivity contribution is 8.42. The zero-order valence-electron chi connectivity index (χ0n) is 11.7. The molecule has 3 rings (SSSR count). The Labute approximate surface area is 126 Å². The number of carbonyl (C=O) groups is 1. The first-order valence-electron chi connectivity index (χ1n) is 6.24. The minimum Gasteiger partial charge on any atom is -0.294 e. The van der Waals surface area contributed by atoms with E-state index in [4.69, 9.17) is 5.14 Å². The molecule has 0 aromatic carbocycles. The number of hydrazone groups is 1. The summed E-state index contributed by atoms with van der Waals surface area (Å²) in [5, 5.41) is 10.8. The Balaban J connectivity index is 2.14. The molecule has 0 bridgehead atoms. The number of thioether (sulfide) groups is 1. The zero-order valence-corrected chi connectivity index (χ0v) is 13.4. The number of fused-ring (bicyclic) bond motifs is 2. The summed E-state index contributed by atoms with van der Waals surface area (Å²) in [5.74, 6) is -0.0120. The second kappa shape index (κ2) is 4.28. The molecule has 0 saturated heterocycles. The monoisotopic (exact) mass is 326 g/mol. The normalized spacial score (nSPS) is 24.3. The first kappa shape index (κ1) is 14.5. The maximum Gasteiger partial charge on any atom is 0.264 e. The Morgan fingerprint density at radius 3 is 2.71 bits per heavy atom. The quantitative estimate of drug-likeness (QED) is 0.718. The Kier molecular flexibility index (Phi) is 2.95. The van der Waals surface area contributed by atoms with Crippen LogP contribution in [0.1, 0.15) is 27.2 Å². The lowest BCUT2D eigenvalue weighted by Crippen LogP contribution is -2.31. The van der Waals surface area contributed by atoms with Crippen LogP contribution in [-0.4, -0.2) is 28.8 Å². The van der Waals surface area contributed by atoms with E-state index in [-0.39, 0.29) is 15.6 Å². The van der Waals surface area contributed by atoms with Gasteiger partial charge in [0.05, 0.1) is 17.0 Å². The van der Waals surface area contributed by atoms with Gasteiger partial charge in [0.25, 0.3) is 10.0 Å². The predicted octanol–water partition coefficient (Wildman–Crippen LogP) is 1.12. The molecule has 112 valence electrons. The lowest BCUT2D eigenvalue weighted by atomic mass is 9.78. The minimum atomic E-state index is -3.89. The summed E-state index contributed by atoms with van der Waals surface area (Å²) in [6, 6.07) is 0. The molecule has 0 aromatic heterocycles. The van der Waals surface area contributed by atoms with Gasteiger partial charge >= 0.3 is 0 Å². The van der Waals surface area contributed by atoms with E-state index in [9.17, 15) is 13.2 Å². The van der Waals surface area contributed by atoms with E-state index < -0.39 is 10.0 Å². The van der Waals surface area contributed by atoms with E-state index >= 15 is 0 Å². The summed E-state index contributed by atoms with van der Waals surface area (Å²) >= 11 is 0.889. The largest absolute Gasteiger partial charge is 0.294 e. The number of sulfonamides is 1. The number of nitrogens with zero attached hydrogens (tertiary/aromatic N) is 3. The van der Waals surface area contributed by atoms with Crippen molar-refractivity contribution in [1.29, 1.82) is 0 Å². The van der Waals surface area contributed by atoms with Gasteiger partial charge in [0.1, 0.15) is 0 Å². The van der Waals surface area contributed by atoms with Crippen molar-refractivity contribution in [1.82, 2.24) is 5.01 Å². The number of primary sulfonamides is 1. The van der Waals surface area contributed by atoms with Gasteiger partial charge in [-0.05, 0) is 24.1 Å². The standard InChI is InChI=1S/C12H14N4O3S2/c1-6-9-7(4-12(2,3)5-8(9)17)14-10-16(6)15-11(20-10)21(13,18)19/h4H,5H2,1-3H3,(H2,13,18,19). The molecule has 0 aromatic rings. The number of nitrogens with two attached hydrogens (primary N) is 1. The van der Waals surface area contributed by atoms with Crippen molar-refractivity contribution in [2.45, 2.75) is 27.2 Å². The van der Waals surface area contributed by atoms with E-state index in [0.717, 1.165) is 11.8 Å². The van der Waals surface area contributed by atoms with Crippen molar-refractivity contribution >= 4 is 37.1 Å². The van der Waals surface area contributed by atoms with Gasteiger partial charge in [0.2, 0.25) is 4.38 Å². The zero-order chi connectivity index (χ0) is 15.6. The van der Waals surface area contributed by atoms with Crippen LogP contribution in [0.2, 0.25) is 0 Å². The summed E-state index contributed by atoms with van der Waals surface area (Å²) in [5.41, 5.74) is 1.39. The molecule has 0 saturated carbocycles. The number of rotatable bonds is 0. The first-order valence-corrected chi connectivity index (χ1v) is 8.60. The maximum absolute atomic E-state index is 12.3. The average molecular weight is 326 g/mol. The van der Waals surface area contributed by atoms with Crippen LogP contribution in [0.5, 0.6) is 0 Å². The molecular formula is C12H14N4O3S2. The lowest BCUT2D eigenvalue weighted by molar-refractivity contribution is -0.117. The second-order valence-electron chi connectivity index (χ2n) is 5.80. The first-order chi connectivity index (χ1) is 9.58. The molecule has 1 aliphatic carbocycles. The number of Topliss-reactive ketones (excluding diaryl/α,β-unsaturated/α-hetero) is 1. The van der Waals surface area contributed by atoms with Gasteiger partial charge in [0.15, 0.2) is 11.0 Å². The van der Waals surface area contributed by atoms with E-state index in [1.165, 1.54) is 5.01 Å². The summed E-state index contributed by atoms with van der Waals surface area (Å²) in [6.07, 6.45) is 2.33. The molecule has 0 radical (unpaired) electrons. The van der Waals surface area contributed by atoms with Gasteiger partial charge in [-0.25, -0.2) is 23.6 Å². The Morgan fingerprint density at radius 1 is 1.43 bits per heavy atom. The molecule has 0 amide bonds. The Bertz CT molecular complexity index is 787. The van der Waals surface area contributed by atoms with Gasteiger partial charge in [-0.2, -0.15) is 0 Å². The van der Waals surface area contributed by atoms with Crippen molar-refractivity contribution in [2.75, 3.05) is 0 Å². The van der Waals surface area contributed by atoms with E-state index in [1.54, 1.807) is 6.92 Å². The predicted molar refractivity (Wildman–Crippen MR) is 81.6 cm³/mol. The third-order valence-corrected chi connectivity index (χ3v) is 5.58. The van der Waals surface area contributed by atoms with Crippen molar-refractivity contribution < 1.29 is 13.2 Å². The van der Waals surface area contributed by atoms with Crippen LogP contribution in [0.15, 0.2) is 33.1 Å². The van der Waals surface area contributed by atoms with Gasteiger partial charge in [-0.15, -0.1) is 5.10 Å². The van der Waals surface area contributed by atoms with E-state index in [0.29, 0.717) is 28.6 Å². The topological polar surface area (TPSA) is 105 Å². The Morgan fingerprint density at radius 2 is 2.10 bits per heavy atom. The number of hydrogen-bond acceptors (Lipinski definition) is 7. The molecule has 9 heteroatoms. The van der Waals surface area contributed by atoms with Crippen LogP contribution in [-0.2, 0) is 14.8 Å². The fraction of sp³-hybridized carbons (Fsp3) is 0.417. The van der Waals surface area contributed by atoms with Crippen LogP contribution in [0.4, 0.5) is 0 Å². The van der Waals surface area contributed by atoms with Gasteiger partial charge < -0.3 is 0 Å².